The molecule has 2 unspecified atom stereocenters. The fourth-order valence-electron chi connectivity index (χ4n) is 2.58. The molecule has 0 aliphatic carbocycles. The van der Waals surface area contributed by atoms with Gasteiger partial charge in [0.25, 0.3) is 0 Å². The van der Waals surface area contributed by atoms with E-state index in [1.165, 1.54) is 7.11 Å². The van der Waals surface area contributed by atoms with Gasteiger partial charge in [-0.25, -0.2) is 9.79 Å². The molecular formula is C14H13BrN2O5. The van der Waals surface area contributed by atoms with E-state index in [0.29, 0.717) is 27.2 Å². The van der Waals surface area contributed by atoms with Crippen molar-refractivity contribution in [2.24, 2.45) is 10.9 Å². The Morgan fingerprint density at radius 2 is 2.09 bits per heavy atom. The highest BCUT2D eigenvalue weighted by molar-refractivity contribution is 9.10. The summed E-state index contributed by atoms with van der Waals surface area (Å²) in [6.45, 7) is 1.78. The predicted octanol–water partition coefficient (Wildman–Crippen LogP) is 2.19. The molecule has 7 nitrogen and oxygen atoms in total. The molecule has 3 rings (SSSR count). The van der Waals surface area contributed by atoms with Crippen LogP contribution in [0.5, 0.6) is 11.5 Å². The lowest BCUT2D eigenvalue weighted by atomic mass is 9.88. The quantitative estimate of drug-likeness (QED) is 0.808. The molecular weight excluding hydrogens is 356 g/mol. The molecule has 2 aliphatic rings. The van der Waals surface area contributed by atoms with Crippen molar-refractivity contribution >= 4 is 33.6 Å². The Balaban J connectivity index is 2.07. The van der Waals surface area contributed by atoms with Crippen LogP contribution >= 0.6 is 15.9 Å². The first-order chi connectivity index (χ1) is 10.5. The SMILES string of the molecule is COC(=O)C1C(C)=NC(=O)NC1c1cc2c(cc1Br)OCO2. The molecule has 2 atom stereocenters. The molecule has 1 aromatic carbocycles. The molecule has 116 valence electrons. The monoisotopic (exact) mass is 368 g/mol. The maximum absolute atomic E-state index is 12.1. The van der Waals surface area contributed by atoms with Crippen LogP contribution in [0.3, 0.4) is 0 Å². The van der Waals surface area contributed by atoms with Gasteiger partial charge in [0.15, 0.2) is 11.5 Å². The lowest BCUT2D eigenvalue weighted by molar-refractivity contribution is -0.143. The summed E-state index contributed by atoms with van der Waals surface area (Å²) in [5, 5.41) is 2.71. The van der Waals surface area contributed by atoms with Crippen LogP contribution in [0.4, 0.5) is 4.79 Å². The fraction of sp³-hybridized carbons (Fsp3) is 0.357. The van der Waals surface area contributed by atoms with Crippen LogP contribution in [-0.2, 0) is 9.53 Å². The number of urea groups is 1. The van der Waals surface area contributed by atoms with Crippen molar-refractivity contribution in [3.05, 3.63) is 22.2 Å². The lowest BCUT2D eigenvalue weighted by Crippen LogP contribution is -2.44. The van der Waals surface area contributed by atoms with Crippen LogP contribution in [0.1, 0.15) is 18.5 Å². The highest BCUT2D eigenvalue weighted by Gasteiger charge is 2.39. The number of rotatable bonds is 2. The smallest absolute Gasteiger partial charge is 0.341 e. The minimum absolute atomic E-state index is 0.142. The number of esters is 1. The van der Waals surface area contributed by atoms with Crippen molar-refractivity contribution in [3.63, 3.8) is 0 Å². The molecule has 0 spiro atoms. The van der Waals surface area contributed by atoms with Crippen molar-refractivity contribution in [2.75, 3.05) is 13.9 Å². The zero-order valence-corrected chi connectivity index (χ0v) is 13.5. The third-order valence-electron chi connectivity index (χ3n) is 3.62. The summed E-state index contributed by atoms with van der Waals surface area (Å²) >= 11 is 3.44. The predicted molar refractivity (Wildman–Crippen MR) is 80.2 cm³/mol. The minimum atomic E-state index is -0.695. The number of carbonyl (C=O) groups excluding carboxylic acids is 2. The Kier molecular flexibility index (Phi) is 3.78. The second kappa shape index (κ2) is 5.60. The van der Waals surface area contributed by atoms with Gasteiger partial charge in [-0.3, -0.25) is 4.79 Å². The first-order valence-electron chi connectivity index (χ1n) is 6.54. The van der Waals surface area contributed by atoms with Crippen molar-refractivity contribution in [1.82, 2.24) is 5.32 Å². The molecule has 22 heavy (non-hydrogen) atoms. The normalized spacial score (nSPS) is 22.9. The summed E-state index contributed by atoms with van der Waals surface area (Å²) in [6, 6.07) is 2.40. The molecule has 1 aromatic rings. The van der Waals surface area contributed by atoms with Gasteiger partial charge in [0.05, 0.1) is 13.2 Å². The maximum atomic E-state index is 12.1. The average molecular weight is 369 g/mol. The molecule has 2 heterocycles. The number of benzene rings is 1. The number of halogens is 1. The van der Waals surface area contributed by atoms with Crippen molar-refractivity contribution in [2.45, 2.75) is 13.0 Å². The molecule has 8 heteroatoms. The number of nitrogens with zero attached hydrogens (tertiary/aromatic N) is 1. The number of carbonyl (C=O) groups is 2. The van der Waals surface area contributed by atoms with E-state index in [1.807, 2.05) is 0 Å². The van der Waals surface area contributed by atoms with E-state index in [0.717, 1.165) is 0 Å². The van der Waals surface area contributed by atoms with Gasteiger partial charge < -0.3 is 19.5 Å². The number of nitrogens with one attached hydrogen (secondary N) is 1. The van der Waals surface area contributed by atoms with Crippen LogP contribution < -0.4 is 14.8 Å². The van der Waals surface area contributed by atoms with E-state index < -0.39 is 24.0 Å². The summed E-state index contributed by atoms with van der Waals surface area (Å²) in [4.78, 5) is 27.6. The Bertz CT molecular complexity index is 688. The second-order valence-corrected chi connectivity index (χ2v) is 5.76. The third-order valence-corrected chi connectivity index (χ3v) is 4.31. The Hall–Kier alpha value is -2.09. The van der Waals surface area contributed by atoms with Crippen LogP contribution in [0.15, 0.2) is 21.6 Å². The van der Waals surface area contributed by atoms with E-state index in [9.17, 15) is 9.59 Å². The van der Waals surface area contributed by atoms with Crippen LogP contribution in [0.2, 0.25) is 0 Å². The number of fused-ring (bicyclic) bond motifs is 1. The first kappa shape index (κ1) is 14.8. The van der Waals surface area contributed by atoms with E-state index >= 15 is 0 Å². The number of hydrogen-bond donors (Lipinski definition) is 1. The summed E-state index contributed by atoms with van der Waals surface area (Å²) in [6.07, 6.45) is 0. The molecule has 0 aromatic heterocycles. The van der Waals surface area contributed by atoms with Gasteiger partial charge in [0, 0.05) is 10.2 Å². The van der Waals surface area contributed by atoms with Gasteiger partial charge in [-0.1, -0.05) is 15.9 Å². The van der Waals surface area contributed by atoms with Gasteiger partial charge in [0.2, 0.25) is 6.79 Å². The molecule has 0 fully saturated rings. The van der Waals surface area contributed by atoms with Crippen molar-refractivity contribution in [1.29, 1.82) is 0 Å². The number of amides is 2. The summed E-state index contributed by atoms with van der Waals surface area (Å²) in [7, 11) is 1.30. The zero-order chi connectivity index (χ0) is 15.9. The Labute approximate surface area is 134 Å². The molecule has 0 radical (unpaired) electrons. The third kappa shape index (κ3) is 2.43. The molecule has 0 saturated heterocycles. The van der Waals surface area contributed by atoms with Gasteiger partial charge >= 0.3 is 12.0 Å². The molecule has 1 N–H and O–H groups in total. The Morgan fingerprint density at radius 1 is 1.41 bits per heavy atom. The van der Waals surface area contributed by atoms with Gasteiger partial charge in [-0.2, -0.15) is 0 Å². The van der Waals surface area contributed by atoms with E-state index in [2.05, 4.69) is 26.2 Å². The number of ether oxygens (including phenoxy) is 3. The zero-order valence-electron chi connectivity index (χ0n) is 11.9. The lowest BCUT2D eigenvalue weighted by Gasteiger charge is -2.30. The van der Waals surface area contributed by atoms with Gasteiger partial charge in [-0.15, -0.1) is 0 Å². The maximum Gasteiger partial charge on any atom is 0.341 e. The first-order valence-corrected chi connectivity index (χ1v) is 7.33. The summed E-state index contributed by atoms with van der Waals surface area (Å²) < 4.78 is 16.2. The summed E-state index contributed by atoms with van der Waals surface area (Å²) in [5.74, 6) is 0.0178. The summed E-state index contributed by atoms with van der Waals surface area (Å²) in [5.41, 5.74) is 1.10. The van der Waals surface area contributed by atoms with Gasteiger partial charge in [-0.05, 0) is 24.6 Å². The topological polar surface area (TPSA) is 86.2 Å². The Morgan fingerprint density at radius 3 is 2.77 bits per heavy atom. The second-order valence-electron chi connectivity index (χ2n) is 4.91. The van der Waals surface area contributed by atoms with Crippen LogP contribution in [0.25, 0.3) is 0 Å². The van der Waals surface area contributed by atoms with Gasteiger partial charge in [0.1, 0.15) is 5.92 Å². The largest absolute Gasteiger partial charge is 0.468 e. The van der Waals surface area contributed by atoms with Crippen molar-refractivity contribution in [3.8, 4) is 11.5 Å². The molecule has 2 amide bonds. The minimum Gasteiger partial charge on any atom is -0.468 e. The number of aliphatic imine (C=N–C) groups is 1. The standard InChI is InChI=1S/C14H13BrN2O5/c1-6-11(13(18)20-2)12(17-14(19)16-6)7-3-9-10(4-8(7)15)22-5-21-9/h3-4,11-12H,5H2,1-2H3,(H,17,19). The van der Waals surface area contributed by atoms with E-state index in [4.69, 9.17) is 14.2 Å². The van der Waals surface area contributed by atoms with Crippen LogP contribution in [-0.4, -0.2) is 31.6 Å². The highest BCUT2D eigenvalue weighted by atomic mass is 79.9. The molecule has 2 aliphatic heterocycles. The fourth-order valence-corrected chi connectivity index (χ4v) is 3.15. The average Bonchev–Trinajstić information content (AvgIpc) is 2.91. The van der Waals surface area contributed by atoms with Crippen molar-refractivity contribution < 1.29 is 23.8 Å². The van der Waals surface area contributed by atoms with E-state index in [-0.39, 0.29) is 6.79 Å². The number of hydrogen-bond acceptors (Lipinski definition) is 5. The molecule has 0 bridgehead atoms. The highest BCUT2D eigenvalue weighted by Crippen LogP contribution is 2.41. The van der Waals surface area contributed by atoms with Crippen LogP contribution in [0, 0.1) is 5.92 Å². The van der Waals surface area contributed by atoms with E-state index in [1.54, 1.807) is 19.1 Å². The number of methoxy groups -OCH3 is 1. The molecule has 0 saturated carbocycles.